The van der Waals surface area contributed by atoms with Crippen LogP contribution in [0.4, 0.5) is 11.4 Å². The number of ether oxygens (including phenoxy) is 2. The summed E-state index contributed by atoms with van der Waals surface area (Å²) in [6, 6.07) is 16.6. The molecule has 0 saturated heterocycles. The highest BCUT2D eigenvalue weighted by atomic mass is 32.2. The van der Waals surface area contributed by atoms with E-state index in [0.29, 0.717) is 54.9 Å². The Morgan fingerprint density at radius 2 is 1.28 bits per heavy atom. The molecule has 4 aromatic rings. The maximum Gasteiger partial charge on any atom is 0.303 e. The van der Waals surface area contributed by atoms with E-state index in [9.17, 15) is 57.2 Å². The zero-order valence-corrected chi connectivity index (χ0v) is 42.4. The van der Waals surface area contributed by atoms with E-state index in [4.69, 9.17) is 9.47 Å². The summed E-state index contributed by atoms with van der Waals surface area (Å²) in [7, 11) is -13.9. The molecule has 4 N–H and O–H groups in total. The number of fused-ring (bicyclic) bond motifs is 6. The molecule has 0 spiro atoms. The van der Waals surface area contributed by atoms with E-state index in [2.05, 4.69) is 4.58 Å². The van der Waals surface area contributed by atoms with E-state index in [1.165, 1.54) is 19.2 Å². The second-order valence-corrected chi connectivity index (χ2v) is 24.7. The highest BCUT2D eigenvalue weighted by molar-refractivity contribution is 7.91. The van der Waals surface area contributed by atoms with Crippen LogP contribution < -0.4 is 4.90 Å². The second kappa shape index (κ2) is 21.4. The molecule has 21 heteroatoms. The number of allylic oxidation sites excluding steroid dienone is 4. The minimum Gasteiger partial charge on any atom is -0.481 e. The Labute approximate surface area is 404 Å². The van der Waals surface area contributed by atoms with Crippen LogP contribution in [0.3, 0.4) is 0 Å². The van der Waals surface area contributed by atoms with Gasteiger partial charge in [0.2, 0.25) is 5.69 Å². The zero-order valence-electron chi connectivity index (χ0n) is 39.1. The van der Waals surface area contributed by atoms with Gasteiger partial charge in [-0.3, -0.25) is 18.5 Å². The number of benzene rings is 4. The van der Waals surface area contributed by atoms with Gasteiger partial charge in [-0.1, -0.05) is 24.3 Å². The predicted octanol–water partition coefficient (Wildman–Crippen LogP) is 7.25. The van der Waals surface area contributed by atoms with Crippen molar-refractivity contribution in [1.29, 1.82) is 0 Å². The molecule has 6 rings (SSSR count). The lowest BCUT2D eigenvalue weighted by Crippen LogP contribution is -2.32. The van der Waals surface area contributed by atoms with Crippen molar-refractivity contribution in [3.05, 3.63) is 95.7 Å². The number of rotatable bonds is 25. The first kappa shape index (κ1) is 53.8. The molecule has 0 amide bonds. The molecule has 0 saturated carbocycles. The first-order valence-electron chi connectivity index (χ1n) is 22.6. The molecule has 2 aliphatic heterocycles. The van der Waals surface area contributed by atoms with Crippen LogP contribution in [-0.2, 0) is 65.3 Å². The monoisotopic (exact) mass is 1030 g/mol. The molecule has 0 radical (unpaired) electrons. The fraction of sp³-hybridized carbons (Fsp3) is 0.458. The number of carbonyl (C=O) groups is 1. The minimum absolute atomic E-state index is 0.00270. The van der Waals surface area contributed by atoms with Crippen LogP contribution in [0, 0.1) is 0 Å². The van der Waals surface area contributed by atoms with Crippen molar-refractivity contribution in [2.45, 2.75) is 92.3 Å². The second-order valence-electron chi connectivity index (χ2n) is 18.1. The third-order valence-corrected chi connectivity index (χ3v) is 17.5. The molecular formula is C48H61N2O15S4+. The van der Waals surface area contributed by atoms with Gasteiger partial charge in [0.05, 0.1) is 39.1 Å². The number of hydrogen-bond donors (Lipinski definition) is 4. The van der Waals surface area contributed by atoms with Gasteiger partial charge in [0.25, 0.3) is 30.4 Å². The van der Waals surface area contributed by atoms with Crippen molar-refractivity contribution in [2.75, 3.05) is 62.7 Å². The molecule has 376 valence electrons. The third-order valence-electron chi connectivity index (χ3n) is 13.2. The van der Waals surface area contributed by atoms with Gasteiger partial charge in [-0.05, 0) is 128 Å². The Morgan fingerprint density at radius 3 is 1.88 bits per heavy atom. The molecular weight excluding hydrogens is 973 g/mol. The van der Waals surface area contributed by atoms with E-state index in [0.717, 1.165) is 39.3 Å². The number of sulfone groups is 1. The van der Waals surface area contributed by atoms with Crippen LogP contribution >= 0.6 is 0 Å². The average molecular weight is 1030 g/mol. The van der Waals surface area contributed by atoms with Crippen LogP contribution in [0.25, 0.3) is 21.5 Å². The van der Waals surface area contributed by atoms with E-state index in [1.54, 1.807) is 37.4 Å². The summed E-state index contributed by atoms with van der Waals surface area (Å²) >= 11 is 0. The summed E-state index contributed by atoms with van der Waals surface area (Å²) in [5.74, 6) is -2.06. The number of nitrogens with zero attached hydrogens (tertiary/aromatic N) is 2. The number of aliphatic carboxylic acids is 1. The average Bonchev–Trinajstić information content (AvgIpc) is 3.64. The zero-order chi connectivity index (χ0) is 50.6. The lowest BCUT2D eigenvalue weighted by Gasteiger charge is -2.30. The highest BCUT2D eigenvalue weighted by Crippen LogP contribution is 2.54. The van der Waals surface area contributed by atoms with Gasteiger partial charge in [0.1, 0.15) is 6.54 Å². The largest absolute Gasteiger partial charge is 0.481 e. The number of carboxylic acids is 1. The van der Waals surface area contributed by atoms with Crippen molar-refractivity contribution in [2.24, 2.45) is 0 Å². The topological polar surface area (TPSA) is 259 Å². The van der Waals surface area contributed by atoms with Crippen LogP contribution in [0.1, 0.15) is 82.8 Å². The Hall–Kier alpha value is -4.58. The number of carboxylic acid groups (broad SMARTS) is 1. The SMILES string of the molecule is COCCCS(=O)(=O)c1ccc2c3c(ccc2c1)[N+](CCCCCC(=O)O)=C(C=CC=C1N(CCOC)c2ccc4cc(S(=O)(=O)O)ccc4c2C1(C)CCCS(=O)(=O)O)C3(C)CCCS(=O)(=O)O. The number of unbranched alkanes of at least 4 members (excludes halogenated alkanes) is 2. The molecule has 2 unspecified atom stereocenters. The molecule has 0 aromatic heterocycles. The molecule has 0 fully saturated rings. The van der Waals surface area contributed by atoms with Gasteiger partial charge in [0.15, 0.2) is 15.5 Å². The minimum atomic E-state index is -4.55. The van der Waals surface area contributed by atoms with Crippen molar-refractivity contribution in [3.8, 4) is 0 Å². The van der Waals surface area contributed by atoms with Crippen LogP contribution in [0.2, 0.25) is 0 Å². The van der Waals surface area contributed by atoms with Gasteiger partial charge in [-0.2, -0.15) is 29.8 Å². The number of anilines is 1. The van der Waals surface area contributed by atoms with Gasteiger partial charge < -0.3 is 19.5 Å². The van der Waals surface area contributed by atoms with E-state index >= 15 is 0 Å². The lowest BCUT2D eigenvalue weighted by atomic mass is 9.74. The number of hydrogen-bond acceptors (Lipinski definition) is 12. The molecule has 69 heavy (non-hydrogen) atoms. The summed E-state index contributed by atoms with van der Waals surface area (Å²) in [5, 5.41) is 11.9. The molecule has 0 aliphatic carbocycles. The Kier molecular flexibility index (Phi) is 16.7. The summed E-state index contributed by atoms with van der Waals surface area (Å²) in [4.78, 5) is 13.3. The van der Waals surface area contributed by atoms with E-state index in [1.807, 2.05) is 55.2 Å². The Morgan fingerprint density at radius 1 is 0.681 bits per heavy atom. The maximum absolute atomic E-state index is 13.4. The standard InChI is InChI=1S/C48H60N2O15S4/c1-47(23-9-30-67(55,56)57)42(49(25-7-5-6-14-44(51)52)40-21-15-34-32-36(17-19-38(34)45(40)47)66(53,54)29-11-27-64-3)12-8-13-43-48(2,24-10-31-68(58,59)60)46-39-20-18-37(69(61,62)63)33-35(39)16-22-41(46)50(43)26-28-65-4/h8,12-13,15-22,32-33H,5-7,9-11,14,23-31H2,1-4H3,(H3-,51,52,55,56,57,58,59,60,61,62,63)/p+1. The Bertz CT molecular complexity index is 3170. The van der Waals surface area contributed by atoms with Crippen molar-refractivity contribution < 1.29 is 71.3 Å². The maximum atomic E-state index is 13.4. The summed E-state index contributed by atoms with van der Waals surface area (Å²) in [5.41, 5.74) is 2.70. The first-order chi connectivity index (χ1) is 32.3. The van der Waals surface area contributed by atoms with Crippen LogP contribution in [-0.4, -0.2) is 126 Å². The molecule has 2 atom stereocenters. The Balaban J connectivity index is 1.55. The van der Waals surface area contributed by atoms with Gasteiger partial charge >= 0.3 is 5.97 Å². The molecule has 17 nitrogen and oxygen atoms in total. The molecule has 4 aromatic carbocycles. The van der Waals surface area contributed by atoms with Crippen molar-refractivity contribution >= 4 is 84.8 Å². The summed E-state index contributed by atoms with van der Waals surface area (Å²) in [6.07, 6.45) is 8.15. The van der Waals surface area contributed by atoms with Gasteiger partial charge in [-0.15, -0.1) is 0 Å². The highest BCUT2D eigenvalue weighted by Gasteiger charge is 2.49. The van der Waals surface area contributed by atoms with E-state index < -0.39 is 68.5 Å². The summed E-state index contributed by atoms with van der Waals surface area (Å²) < 4.78 is 142. The van der Waals surface area contributed by atoms with Gasteiger partial charge in [-0.25, -0.2) is 8.42 Å². The summed E-state index contributed by atoms with van der Waals surface area (Å²) in [6.45, 7) is 5.26. The lowest BCUT2D eigenvalue weighted by molar-refractivity contribution is -0.438. The van der Waals surface area contributed by atoms with Gasteiger partial charge in [0, 0.05) is 74.7 Å². The number of methoxy groups -OCH3 is 2. The normalized spacial score (nSPS) is 19.4. The molecule has 2 aliphatic rings. The van der Waals surface area contributed by atoms with E-state index in [-0.39, 0.29) is 60.9 Å². The quantitative estimate of drug-likeness (QED) is 0.0289. The van der Waals surface area contributed by atoms with Crippen LogP contribution in [0.5, 0.6) is 0 Å². The smallest absolute Gasteiger partial charge is 0.303 e. The first-order valence-corrected chi connectivity index (χ1v) is 28.9. The van der Waals surface area contributed by atoms with Crippen molar-refractivity contribution in [3.63, 3.8) is 0 Å². The molecule has 2 heterocycles. The predicted molar refractivity (Wildman–Crippen MR) is 265 cm³/mol. The third kappa shape index (κ3) is 12.3. The fourth-order valence-corrected chi connectivity index (χ4v) is 12.9. The van der Waals surface area contributed by atoms with Crippen molar-refractivity contribution in [1.82, 2.24) is 0 Å². The molecule has 0 bridgehead atoms. The fourth-order valence-electron chi connectivity index (χ4n) is 10.1. The van der Waals surface area contributed by atoms with Crippen LogP contribution in [0.15, 0.2) is 94.4 Å².